The van der Waals surface area contributed by atoms with Crippen molar-refractivity contribution >= 4 is 5.97 Å². The summed E-state index contributed by atoms with van der Waals surface area (Å²) in [5.41, 5.74) is 1.14. The van der Waals surface area contributed by atoms with E-state index in [1.807, 2.05) is 12.5 Å². The minimum Gasteiger partial charge on any atom is -0.469 e. The molecule has 0 aromatic carbocycles. The lowest BCUT2D eigenvalue weighted by molar-refractivity contribution is -0.141. The molecule has 0 aliphatic rings. The second-order valence-corrected chi connectivity index (χ2v) is 4.98. The van der Waals surface area contributed by atoms with Crippen LogP contribution in [0.4, 0.5) is 0 Å². The van der Waals surface area contributed by atoms with E-state index in [1.165, 1.54) is 7.11 Å². The largest absolute Gasteiger partial charge is 0.469 e. The summed E-state index contributed by atoms with van der Waals surface area (Å²) in [6.45, 7) is 7.06. The molecule has 6 nitrogen and oxygen atoms in total. The lowest BCUT2D eigenvalue weighted by Crippen LogP contribution is -2.30. The molecule has 1 heterocycles. The number of nitrogens with zero attached hydrogens (tertiary/aromatic N) is 3. The third-order valence-corrected chi connectivity index (χ3v) is 3.16. The predicted molar refractivity (Wildman–Crippen MR) is 76.4 cm³/mol. The van der Waals surface area contributed by atoms with Crippen LogP contribution in [-0.4, -0.2) is 54.3 Å². The lowest BCUT2D eigenvalue weighted by atomic mass is 10.3. The fourth-order valence-corrected chi connectivity index (χ4v) is 1.99. The van der Waals surface area contributed by atoms with Gasteiger partial charge in [-0.25, -0.2) is 4.98 Å². The minimum atomic E-state index is -0.190. The lowest BCUT2D eigenvalue weighted by Gasteiger charge is -2.22. The first kappa shape index (κ1) is 16.7. The fourth-order valence-electron chi connectivity index (χ4n) is 1.99. The molecule has 0 saturated carbocycles. The van der Waals surface area contributed by atoms with Crippen molar-refractivity contribution in [1.29, 1.82) is 0 Å². The van der Waals surface area contributed by atoms with E-state index in [9.17, 15) is 4.79 Å². The first-order valence-corrected chi connectivity index (χ1v) is 6.87. The number of carbonyl (C=O) groups excluding carboxylic acids is 1. The van der Waals surface area contributed by atoms with Crippen molar-refractivity contribution in [2.75, 3.05) is 33.9 Å². The van der Waals surface area contributed by atoms with Crippen LogP contribution in [0.1, 0.15) is 32.0 Å². The van der Waals surface area contributed by atoms with Crippen LogP contribution in [0.25, 0.3) is 0 Å². The number of ether oxygens (including phenoxy) is 2. The minimum absolute atomic E-state index is 0.190. The van der Waals surface area contributed by atoms with Gasteiger partial charge in [-0.3, -0.25) is 9.69 Å². The van der Waals surface area contributed by atoms with Crippen molar-refractivity contribution < 1.29 is 14.3 Å². The van der Waals surface area contributed by atoms with Crippen LogP contribution in [0.15, 0.2) is 12.5 Å². The molecule has 0 spiro atoms. The summed E-state index contributed by atoms with van der Waals surface area (Å²) >= 11 is 0. The van der Waals surface area contributed by atoms with Crippen LogP contribution >= 0.6 is 0 Å². The average molecular weight is 283 g/mol. The van der Waals surface area contributed by atoms with E-state index in [4.69, 9.17) is 4.74 Å². The second kappa shape index (κ2) is 8.71. The van der Waals surface area contributed by atoms with E-state index in [0.717, 1.165) is 18.8 Å². The maximum atomic E-state index is 11.3. The van der Waals surface area contributed by atoms with E-state index < -0.39 is 0 Å². The zero-order valence-electron chi connectivity index (χ0n) is 12.8. The van der Waals surface area contributed by atoms with Crippen molar-refractivity contribution in [3.05, 3.63) is 18.2 Å². The standard InChI is InChI=1S/C14H25N3O3/c1-12(2)17-11-15-9-13(17)10-16(7-8-19-3)6-5-14(18)20-4/h9,11-12H,5-8,10H2,1-4H3. The van der Waals surface area contributed by atoms with Crippen molar-refractivity contribution in [3.8, 4) is 0 Å². The van der Waals surface area contributed by atoms with Gasteiger partial charge in [0, 0.05) is 39.0 Å². The molecule has 0 aliphatic carbocycles. The maximum absolute atomic E-state index is 11.3. The van der Waals surface area contributed by atoms with Gasteiger partial charge in [-0.05, 0) is 13.8 Å². The Bertz CT molecular complexity index is 404. The van der Waals surface area contributed by atoms with E-state index in [-0.39, 0.29) is 5.97 Å². The monoisotopic (exact) mass is 283 g/mol. The van der Waals surface area contributed by atoms with Crippen molar-refractivity contribution in [2.24, 2.45) is 0 Å². The molecule has 1 aromatic heterocycles. The summed E-state index contributed by atoms with van der Waals surface area (Å²) in [7, 11) is 3.09. The van der Waals surface area contributed by atoms with Crippen molar-refractivity contribution in [3.63, 3.8) is 0 Å². The molecule has 1 rings (SSSR count). The summed E-state index contributed by atoms with van der Waals surface area (Å²) in [6, 6.07) is 0.373. The van der Waals surface area contributed by atoms with Crippen LogP contribution in [0.3, 0.4) is 0 Å². The topological polar surface area (TPSA) is 56.6 Å². The second-order valence-electron chi connectivity index (χ2n) is 4.98. The third kappa shape index (κ3) is 5.30. The number of methoxy groups -OCH3 is 2. The summed E-state index contributed by atoms with van der Waals surface area (Å²) in [6.07, 6.45) is 4.10. The molecule has 0 amide bonds. The first-order valence-electron chi connectivity index (χ1n) is 6.87. The summed E-state index contributed by atoms with van der Waals surface area (Å²) in [5, 5.41) is 0. The van der Waals surface area contributed by atoms with Crippen molar-refractivity contribution in [1.82, 2.24) is 14.5 Å². The van der Waals surface area contributed by atoms with Gasteiger partial charge >= 0.3 is 5.97 Å². The molecule has 114 valence electrons. The highest BCUT2D eigenvalue weighted by Crippen LogP contribution is 2.11. The Kier molecular flexibility index (Phi) is 7.25. The van der Waals surface area contributed by atoms with E-state index >= 15 is 0 Å². The SMILES string of the molecule is COCCN(CCC(=O)OC)Cc1cncn1C(C)C. The highest BCUT2D eigenvalue weighted by Gasteiger charge is 2.13. The zero-order chi connectivity index (χ0) is 15.0. The van der Waals surface area contributed by atoms with Gasteiger partial charge in [0.15, 0.2) is 0 Å². The fraction of sp³-hybridized carbons (Fsp3) is 0.714. The van der Waals surface area contributed by atoms with Gasteiger partial charge in [0.2, 0.25) is 0 Å². The molecule has 0 N–H and O–H groups in total. The molecule has 0 fully saturated rings. The average Bonchev–Trinajstić information content (AvgIpc) is 2.89. The molecule has 1 aromatic rings. The van der Waals surface area contributed by atoms with Gasteiger partial charge in [0.05, 0.1) is 32.2 Å². The molecule has 0 saturated heterocycles. The Labute approximate surface area is 120 Å². The van der Waals surface area contributed by atoms with Gasteiger partial charge in [0.25, 0.3) is 0 Å². The Hall–Kier alpha value is -1.40. The van der Waals surface area contributed by atoms with Gasteiger partial charge < -0.3 is 14.0 Å². The number of hydrogen-bond donors (Lipinski definition) is 0. The first-order chi connectivity index (χ1) is 9.58. The third-order valence-electron chi connectivity index (χ3n) is 3.16. The molecular formula is C14H25N3O3. The smallest absolute Gasteiger partial charge is 0.306 e. The van der Waals surface area contributed by atoms with Crippen LogP contribution in [-0.2, 0) is 20.8 Å². The molecule has 6 heteroatoms. The number of hydrogen-bond acceptors (Lipinski definition) is 5. The van der Waals surface area contributed by atoms with Gasteiger partial charge in [-0.1, -0.05) is 0 Å². The van der Waals surface area contributed by atoms with Crippen LogP contribution in [0.5, 0.6) is 0 Å². The summed E-state index contributed by atoms with van der Waals surface area (Å²) in [4.78, 5) is 17.6. The molecule has 0 radical (unpaired) electrons. The molecule has 20 heavy (non-hydrogen) atoms. The molecule has 0 aliphatic heterocycles. The van der Waals surface area contributed by atoms with Gasteiger partial charge in [0.1, 0.15) is 0 Å². The summed E-state index contributed by atoms with van der Waals surface area (Å²) < 4.78 is 11.9. The number of rotatable bonds is 9. The van der Waals surface area contributed by atoms with Crippen molar-refractivity contribution in [2.45, 2.75) is 32.9 Å². The predicted octanol–water partition coefficient (Wildman–Crippen LogP) is 1.48. The molecular weight excluding hydrogens is 258 g/mol. The van der Waals surface area contributed by atoms with Crippen LogP contribution in [0.2, 0.25) is 0 Å². The number of esters is 1. The van der Waals surface area contributed by atoms with Crippen LogP contribution in [0, 0.1) is 0 Å². The zero-order valence-corrected chi connectivity index (χ0v) is 12.8. The number of imidazole rings is 1. The van der Waals surface area contributed by atoms with E-state index in [0.29, 0.717) is 25.6 Å². The van der Waals surface area contributed by atoms with E-state index in [1.54, 1.807) is 7.11 Å². The Morgan fingerprint density at radius 3 is 2.75 bits per heavy atom. The highest BCUT2D eigenvalue weighted by atomic mass is 16.5. The quantitative estimate of drug-likeness (QED) is 0.642. The maximum Gasteiger partial charge on any atom is 0.306 e. The normalized spacial score (nSPS) is 11.3. The Morgan fingerprint density at radius 1 is 1.40 bits per heavy atom. The van der Waals surface area contributed by atoms with Crippen LogP contribution < -0.4 is 0 Å². The number of aromatic nitrogens is 2. The summed E-state index contributed by atoms with van der Waals surface area (Å²) in [5.74, 6) is -0.190. The molecule has 0 bridgehead atoms. The Morgan fingerprint density at radius 2 is 2.15 bits per heavy atom. The van der Waals surface area contributed by atoms with Gasteiger partial charge in [-0.2, -0.15) is 0 Å². The molecule has 0 atom stereocenters. The van der Waals surface area contributed by atoms with Gasteiger partial charge in [-0.15, -0.1) is 0 Å². The highest BCUT2D eigenvalue weighted by molar-refractivity contribution is 5.69. The van der Waals surface area contributed by atoms with E-state index in [2.05, 4.69) is 33.0 Å². The molecule has 0 unspecified atom stereocenters. The number of carbonyl (C=O) groups is 1. The Balaban J connectivity index is 2.63.